The summed E-state index contributed by atoms with van der Waals surface area (Å²) in [6.45, 7) is 6.17. The summed E-state index contributed by atoms with van der Waals surface area (Å²) in [5, 5.41) is 11.4. The molecule has 0 aromatic carbocycles. The Labute approximate surface area is 135 Å². The zero-order valence-corrected chi connectivity index (χ0v) is 14.0. The zero-order chi connectivity index (χ0) is 15.3. The molecule has 110 valence electrons. The van der Waals surface area contributed by atoms with Crippen molar-refractivity contribution in [2.75, 3.05) is 0 Å². The second kappa shape index (κ2) is 5.03. The number of pyridine rings is 1. The SMILES string of the molecule is Cc1nc(Sc2nnc3ccccn23)c2c(C)c(C)sc2n1. The largest absolute Gasteiger partial charge is 0.277 e. The molecule has 4 rings (SSSR count). The van der Waals surface area contributed by atoms with Gasteiger partial charge in [0.25, 0.3) is 0 Å². The van der Waals surface area contributed by atoms with Crippen molar-refractivity contribution < 1.29 is 0 Å². The maximum atomic E-state index is 4.63. The molecule has 0 saturated carbocycles. The Morgan fingerprint density at radius 1 is 1.09 bits per heavy atom. The molecule has 4 aromatic heterocycles. The molecule has 0 radical (unpaired) electrons. The van der Waals surface area contributed by atoms with Crippen molar-refractivity contribution in [1.29, 1.82) is 0 Å². The Hall–Kier alpha value is -1.99. The average molecular weight is 327 g/mol. The molecule has 4 heterocycles. The summed E-state index contributed by atoms with van der Waals surface area (Å²) in [6, 6.07) is 5.87. The summed E-state index contributed by atoms with van der Waals surface area (Å²) in [5.74, 6) is 0.782. The highest BCUT2D eigenvalue weighted by atomic mass is 32.2. The standard InChI is InChI=1S/C15H13N5S2/c1-8-9(2)21-13-12(8)14(17-10(3)16-13)22-15-19-18-11-6-4-5-7-20(11)15/h4-7H,1-3H3. The lowest BCUT2D eigenvalue weighted by atomic mass is 10.2. The first-order valence-corrected chi connectivity index (χ1v) is 8.49. The lowest BCUT2D eigenvalue weighted by Gasteiger charge is -2.03. The van der Waals surface area contributed by atoms with E-state index >= 15 is 0 Å². The summed E-state index contributed by atoms with van der Waals surface area (Å²) in [6.07, 6.45) is 1.97. The van der Waals surface area contributed by atoms with Gasteiger partial charge in [-0.2, -0.15) is 0 Å². The number of aromatic nitrogens is 5. The smallest absolute Gasteiger partial charge is 0.201 e. The summed E-state index contributed by atoms with van der Waals surface area (Å²) in [5.41, 5.74) is 2.08. The maximum Gasteiger partial charge on any atom is 0.201 e. The fourth-order valence-electron chi connectivity index (χ4n) is 2.36. The number of thiophene rings is 1. The highest BCUT2D eigenvalue weighted by molar-refractivity contribution is 7.99. The van der Waals surface area contributed by atoms with Crippen molar-refractivity contribution in [3.8, 4) is 0 Å². The maximum absolute atomic E-state index is 4.63. The molecule has 0 aliphatic rings. The highest BCUT2D eigenvalue weighted by Crippen LogP contribution is 2.37. The molecule has 0 saturated heterocycles. The molecule has 0 spiro atoms. The third kappa shape index (κ3) is 2.08. The van der Waals surface area contributed by atoms with Crippen LogP contribution in [0.25, 0.3) is 15.9 Å². The fourth-order valence-corrected chi connectivity index (χ4v) is 4.54. The second-order valence-corrected chi connectivity index (χ2v) is 7.21. The minimum atomic E-state index is 0.782. The zero-order valence-electron chi connectivity index (χ0n) is 12.4. The topological polar surface area (TPSA) is 56.0 Å². The number of hydrogen-bond acceptors (Lipinski definition) is 6. The first-order valence-electron chi connectivity index (χ1n) is 6.85. The predicted molar refractivity (Wildman–Crippen MR) is 88.7 cm³/mol. The molecule has 0 N–H and O–H groups in total. The van der Waals surface area contributed by atoms with E-state index in [1.54, 1.807) is 11.3 Å². The van der Waals surface area contributed by atoms with E-state index in [-0.39, 0.29) is 0 Å². The van der Waals surface area contributed by atoms with E-state index in [0.29, 0.717) is 0 Å². The molecule has 0 aliphatic carbocycles. The molecule has 0 unspecified atom stereocenters. The molecule has 0 bridgehead atoms. The number of nitrogens with zero attached hydrogens (tertiary/aromatic N) is 5. The molecule has 0 atom stereocenters. The van der Waals surface area contributed by atoms with Crippen molar-refractivity contribution in [2.24, 2.45) is 0 Å². The van der Waals surface area contributed by atoms with Crippen LogP contribution in [0, 0.1) is 20.8 Å². The molecular formula is C15H13N5S2. The van der Waals surface area contributed by atoms with Gasteiger partial charge >= 0.3 is 0 Å². The van der Waals surface area contributed by atoms with Crippen LogP contribution in [0.4, 0.5) is 0 Å². The van der Waals surface area contributed by atoms with E-state index in [0.717, 1.165) is 31.9 Å². The van der Waals surface area contributed by atoms with Crippen LogP contribution >= 0.6 is 23.1 Å². The van der Waals surface area contributed by atoms with Crippen molar-refractivity contribution in [3.05, 3.63) is 40.7 Å². The van der Waals surface area contributed by atoms with Crippen LogP contribution in [0.15, 0.2) is 34.6 Å². The number of fused-ring (bicyclic) bond motifs is 2. The highest BCUT2D eigenvalue weighted by Gasteiger charge is 2.16. The quantitative estimate of drug-likeness (QED) is 0.524. The van der Waals surface area contributed by atoms with Gasteiger partial charge in [0, 0.05) is 16.5 Å². The van der Waals surface area contributed by atoms with E-state index in [1.165, 1.54) is 22.2 Å². The predicted octanol–water partition coefficient (Wildman–Crippen LogP) is 3.81. The van der Waals surface area contributed by atoms with Gasteiger partial charge in [-0.1, -0.05) is 6.07 Å². The van der Waals surface area contributed by atoms with Crippen molar-refractivity contribution in [2.45, 2.75) is 31.0 Å². The van der Waals surface area contributed by atoms with Crippen LogP contribution in [-0.4, -0.2) is 24.6 Å². The minimum absolute atomic E-state index is 0.782. The van der Waals surface area contributed by atoms with Gasteiger partial charge in [0.2, 0.25) is 5.16 Å². The van der Waals surface area contributed by atoms with Gasteiger partial charge < -0.3 is 0 Å². The van der Waals surface area contributed by atoms with E-state index < -0.39 is 0 Å². The van der Waals surface area contributed by atoms with Crippen molar-refractivity contribution in [1.82, 2.24) is 24.6 Å². The van der Waals surface area contributed by atoms with E-state index in [4.69, 9.17) is 0 Å². The molecule has 0 amide bonds. The lowest BCUT2D eigenvalue weighted by Crippen LogP contribution is -1.93. The Morgan fingerprint density at radius 2 is 1.95 bits per heavy atom. The van der Waals surface area contributed by atoms with E-state index in [2.05, 4.69) is 34.0 Å². The van der Waals surface area contributed by atoms with Gasteiger partial charge in [0.15, 0.2) is 5.65 Å². The minimum Gasteiger partial charge on any atom is -0.277 e. The van der Waals surface area contributed by atoms with Crippen LogP contribution in [0.2, 0.25) is 0 Å². The molecule has 0 aliphatic heterocycles. The van der Waals surface area contributed by atoms with Crippen molar-refractivity contribution in [3.63, 3.8) is 0 Å². The van der Waals surface area contributed by atoms with Gasteiger partial charge in [-0.05, 0) is 50.2 Å². The summed E-state index contributed by atoms with van der Waals surface area (Å²) in [7, 11) is 0. The second-order valence-electron chi connectivity index (χ2n) is 5.05. The molecule has 4 aromatic rings. The molecule has 7 heteroatoms. The van der Waals surface area contributed by atoms with Gasteiger partial charge in [0.1, 0.15) is 15.7 Å². The Morgan fingerprint density at radius 3 is 2.82 bits per heavy atom. The Kier molecular flexibility index (Phi) is 3.12. The average Bonchev–Trinajstić information content (AvgIpc) is 3.01. The lowest BCUT2D eigenvalue weighted by molar-refractivity contribution is 0.914. The van der Waals surface area contributed by atoms with Crippen LogP contribution < -0.4 is 0 Å². The first-order chi connectivity index (χ1) is 10.6. The van der Waals surface area contributed by atoms with Gasteiger partial charge in [-0.3, -0.25) is 4.40 Å². The Bertz CT molecular complexity index is 1000. The third-order valence-corrected chi connectivity index (χ3v) is 5.63. The number of hydrogen-bond donors (Lipinski definition) is 0. The third-order valence-electron chi connectivity index (χ3n) is 3.58. The van der Waals surface area contributed by atoms with Crippen molar-refractivity contribution >= 4 is 39.0 Å². The van der Waals surface area contributed by atoms with E-state index in [9.17, 15) is 0 Å². The fraction of sp³-hybridized carbons (Fsp3) is 0.200. The molecule has 22 heavy (non-hydrogen) atoms. The molecular weight excluding hydrogens is 314 g/mol. The Balaban J connectivity index is 1.91. The van der Waals surface area contributed by atoms with Crippen LogP contribution in [0.5, 0.6) is 0 Å². The van der Waals surface area contributed by atoms with Crippen LogP contribution in [0.1, 0.15) is 16.3 Å². The summed E-state index contributed by atoms with van der Waals surface area (Å²) >= 11 is 3.26. The summed E-state index contributed by atoms with van der Waals surface area (Å²) in [4.78, 5) is 11.5. The van der Waals surface area contributed by atoms with Gasteiger partial charge in [-0.15, -0.1) is 21.5 Å². The van der Waals surface area contributed by atoms with E-state index in [1.807, 2.05) is 35.7 Å². The van der Waals surface area contributed by atoms with Gasteiger partial charge in [-0.25, -0.2) is 9.97 Å². The molecule has 5 nitrogen and oxygen atoms in total. The van der Waals surface area contributed by atoms with Crippen LogP contribution in [-0.2, 0) is 0 Å². The normalized spacial score (nSPS) is 11.6. The number of aryl methyl sites for hydroxylation is 3. The first kappa shape index (κ1) is 13.7. The van der Waals surface area contributed by atoms with Crippen LogP contribution in [0.3, 0.4) is 0 Å². The van der Waals surface area contributed by atoms with Gasteiger partial charge in [0.05, 0.1) is 0 Å². The summed E-state index contributed by atoms with van der Waals surface area (Å²) < 4.78 is 1.97. The monoisotopic (exact) mass is 327 g/mol. The number of rotatable bonds is 2. The molecule has 0 fully saturated rings.